The van der Waals surface area contributed by atoms with E-state index in [-0.39, 0.29) is 5.69 Å². The number of likely N-dealkylation sites (N-methyl/N-ethyl adjacent to an activating group) is 1. The van der Waals surface area contributed by atoms with Gasteiger partial charge >= 0.3 is 18.3 Å². The zero-order chi connectivity index (χ0) is 33.6. The minimum Gasteiger partial charge on any atom is -0.475 e. The largest absolute Gasteiger partial charge is 0.490 e. The highest BCUT2D eigenvalue weighted by molar-refractivity contribution is 5.97. The van der Waals surface area contributed by atoms with Crippen molar-refractivity contribution in [2.45, 2.75) is 17.9 Å². The third kappa shape index (κ3) is 6.28. The van der Waals surface area contributed by atoms with Crippen LogP contribution >= 0.6 is 0 Å². The number of aliphatic carboxylic acids is 1. The van der Waals surface area contributed by atoms with E-state index >= 15 is 0 Å². The molecule has 2 aromatic heterocycles. The smallest absolute Gasteiger partial charge is 0.475 e. The Hall–Kier alpha value is -5.25. The lowest BCUT2D eigenvalue weighted by atomic mass is 9.82. The Kier molecular flexibility index (Phi) is 8.10. The van der Waals surface area contributed by atoms with Crippen molar-refractivity contribution in [3.05, 3.63) is 106 Å². The van der Waals surface area contributed by atoms with E-state index in [1.54, 1.807) is 19.2 Å². The number of likely N-dealkylation sites (tertiary alicyclic amines) is 1. The molecule has 6 rings (SSSR count). The number of nitrogens with zero attached hydrogens (tertiary/aromatic N) is 3. The Balaban J connectivity index is 0.000000537. The summed E-state index contributed by atoms with van der Waals surface area (Å²) in [4.78, 5) is 39.6. The van der Waals surface area contributed by atoms with Crippen LogP contribution in [0.4, 0.5) is 30.7 Å². The van der Waals surface area contributed by atoms with E-state index in [9.17, 15) is 40.3 Å². The van der Waals surface area contributed by atoms with Crippen molar-refractivity contribution >= 4 is 28.2 Å². The van der Waals surface area contributed by atoms with Crippen molar-refractivity contribution in [3.8, 4) is 11.3 Å². The summed E-state index contributed by atoms with van der Waals surface area (Å²) in [5, 5.41) is 15.6. The van der Waals surface area contributed by atoms with Gasteiger partial charge in [-0.2, -0.15) is 31.4 Å². The number of carboxylic acid groups (broad SMARTS) is 1. The Morgan fingerprint density at radius 3 is 2.13 bits per heavy atom. The number of hydrogen-bond acceptors (Lipinski definition) is 5. The molecule has 3 N–H and O–H groups in total. The molecular weight excluding hydrogens is 627 g/mol. The highest BCUT2D eigenvalue weighted by Crippen LogP contribution is 2.36. The number of aromatic nitrogens is 3. The van der Waals surface area contributed by atoms with E-state index in [2.05, 4.69) is 15.4 Å². The molecule has 0 saturated carbocycles. The molecule has 0 unspecified atom stereocenters. The molecule has 1 amide bonds. The van der Waals surface area contributed by atoms with E-state index in [1.807, 2.05) is 35.2 Å². The van der Waals surface area contributed by atoms with Gasteiger partial charge in [0.25, 0.3) is 11.5 Å². The molecule has 16 heteroatoms. The predicted molar refractivity (Wildman–Crippen MR) is 150 cm³/mol. The summed E-state index contributed by atoms with van der Waals surface area (Å²) < 4.78 is 88.9. The molecule has 1 saturated heterocycles. The number of carbonyl (C=O) groups is 2. The van der Waals surface area contributed by atoms with Crippen LogP contribution in [0.15, 0.2) is 77.7 Å². The van der Waals surface area contributed by atoms with Crippen molar-refractivity contribution in [1.82, 2.24) is 24.8 Å². The summed E-state index contributed by atoms with van der Waals surface area (Å²) >= 11 is 0. The van der Waals surface area contributed by atoms with Gasteiger partial charge in [-0.05, 0) is 41.6 Å². The van der Waals surface area contributed by atoms with Gasteiger partial charge in [0.1, 0.15) is 16.9 Å². The second-order valence-corrected chi connectivity index (χ2v) is 10.6. The quantitative estimate of drug-likeness (QED) is 0.230. The number of nitrogens with one attached hydrogen (secondary N) is 2. The molecule has 0 bridgehead atoms. The van der Waals surface area contributed by atoms with E-state index in [1.165, 1.54) is 30.5 Å². The summed E-state index contributed by atoms with van der Waals surface area (Å²) in [5.74, 6) is -4.32. The third-order valence-corrected chi connectivity index (χ3v) is 7.26. The van der Waals surface area contributed by atoms with Gasteiger partial charge < -0.3 is 20.3 Å². The van der Waals surface area contributed by atoms with Crippen LogP contribution in [-0.2, 0) is 16.5 Å². The average Bonchev–Trinajstić information content (AvgIpc) is 3.37. The van der Waals surface area contributed by atoms with Crippen LogP contribution in [0.3, 0.4) is 0 Å². The molecule has 0 atom stereocenters. The fourth-order valence-electron chi connectivity index (χ4n) is 5.27. The fraction of sp³-hybridized carbons (Fsp3) is 0.200. The number of fused-ring (bicyclic) bond motifs is 2. The van der Waals surface area contributed by atoms with E-state index in [4.69, 9.17) is 9.90 Å². The Bertz CT molecular complexity index is 2010. The van der Waals surface area contributed by atoms with Crippen LogP contribution < -0.4 is 10.9 Å². The maximum absolute atomic E-state index is 14.3. The molecule has 1 aliphatic heterocycles. The third-order valence-electron chi connectivity index (χ3n) is 7.26. The van der Waals surface area contributed by atoms with Crippen LogP contribution in [-0.4, -0.2) is 62.8 Å². The summed E-state index contributed by atoms with van der Waals surface area (Å²) in [6.07, 6.45) is -8.86. The number of halogens is 7. The van der Waals surface area contributed by atoms with Crippen LogP contribution in [0.1, 0.15) is 21.6 Å². The first kappa shape index (κ1) is 32.2. The highest BCUT2D eigenvalue weighted by atomic mass is 19.4. The zero-order valence-electron chi connectivity index (χ0n) is 23.5. The Morgan fingerprint density at radius 2 is 1.57 bits per heavy atom. The number of H-pyrrole nitrogens is 1. The Labute approximate surface area is 253 Å². The minimum atomic E-state index is -5.08. The number of alkyl halides is 6. The second kappa shape index (κ2) is 11.6. The fourth-order valence-corrected chi connectivity index (χ4v) is 5.27. The summed E-state index contributed by atoms with van der Waals surface area (Å²) in [5.41, 5.74) is -3.84. The molecule has 3 aromatic carbocycles. The van der Waals surface area contributed by atoms with E-state index < -0.39 is 57.9 Å². The van der Waals surface area contributed by atoms with Gasteiger partial charge in [0, 0.05) is 18.7 Å². The van der Waals surface area contributed by atoms with Gasteiger partial charge in [-0.15, -0.1) is 0 Å². The summed E-state index contributed by atoms with van der Waals surface area (Å²) in [6, 6.07) is 18.3. The molecule has 5 aromatic rings. The molecule has 1 aliphatic rings. The van der Waals surface area contributed by atoms with Gasteiger partial charge in [-0.1, -0.05) is 48.5 Å². The van der Waals surface area contributed by atoms with Crippen LogP contribution in [0, 0.1) is 5.82 Å². The van der Waals surface area contributed by atoms with Gasteiger partial charge in [-0.25, -0.2) is 13.7 Å². The summed E-state index contributed by atoms with van der Waals surface area (Å²) in [7, 11) is 1.79. The molecule has 9 nitrogen and oxygen atoms in total. The van der Waals surface area contributed by atoms with Crippen LogP contribution in [0.2, 0.25) is 0 Å². The first-order chi connectivity index (χ1) is 21.5. The lowest BCUT2D eigenvalue weighted by Gasteiger charge is -2.49. The second-order valence-electron chi connectivity index (χ2n) is 10.6. The number of rotatable bonds is 4. The monoisotopic (exact) mass is 649 g/mol. The maximum Gasteiger partial charge on any atom is 0.490 e. The van der Waals surface area contributed by atoms with Crippen molar-refractivity contribution in [1.29, 1.82) is 0 Å². The van der Waals surface area contributed by atoms with Gasteiger partial charge in [0.2, 0.25) is 0 Å². The van der Waals surface area contributed by atoms with E-state index in [0.717, 1.165) is 15.3 Å². The van der Waals surface area contributed by atoms with Gasteiger partial charge in [-0.3, -0.25) is 9.59 Å². The highest BCUT2D eigenvalue weighted by Gasteiger charge is 2.47. The standard InChI is InChI=1S/C28H21F4N5O2.C2HF3O2/c1-36-14-27(15-36,19-8-10-20(29)11-9-19)34-25(38)23-22(28(30,31)32)24-26(39)33-21(13-37(24)35-23)18-7-6-16-4-2-3-5-17(16)12-18;3-2(4,5)1(6)7/h2-13H,14-15H2,1H3,(H,33,39)(H,34,38);(H,6,7). The predicted octanol–water partition coefficient (Wildman–Crippen LogP) is 5.20. The number of benzene rings is 3. The molecule has 0 radical (unpaired) electrons. The van der Waals surface area contributed by atoms with Crippen molar-refractivity contribution in [2.24, 2.45) is 0 Å². The zero-order valence-corrected chi connectivity index (χ0v) is 23.5. The molecule has 240 valence electrons. The van der Waals surface area contributed by atoms with E-state index in [0.29, 0.717) is 24.2 Å². The maximum atomic E-state index is 14.3. The minimum absolute atomic E-state index is 0.241. The number of hydrogen-bond donors (Lipinski definition) is 3. The van der Waals surface area contributed by atoms with Crippen LogP contribution in [0.25, 0.3) is 27.5 Å². The normalized spacial score (nSPS) is 14.8. The Morgan fingerprint density at radius 1 is 0.957 bits per heavy atom. The number of aromatic amines is 1. The van der Waals surface area contributed by atoms with Gasteiger partial charge in [0.05, 0.1) is 17.4 Å². The van der Waals surface area contributed by atoms with Crippen molar-refractivity contribution in [2.75, 3.05) is 20.1 Å². The molecular formula is C30H22F7N5O4. The first-order valence-electron chi connectivity index (χ1n) is 13.3. The number of carboxylic acids is 1. The van der Waals surface area contributed by atoms with Crippen molar-refractivity contribution < 1.29 is 45.4 Å². The lowest BCUT2D eigenvalue weighted by molar-refractivity contribution is -0.192. The molecule has 0 aliphatic carbocycles. The topological polar surface area (TPSA) is 120 Å². The SMILES string of the molecule is CN1CC(NC(=O)c2nn3cc(-c4ccc5ccccc5c4)[nH]c(=O)c3c2C(F)(F)F)(c2ccc(F)cc2)C1.O=C(O)C(F)(F)F. The average molecular weight is 650 g/mol. The molecule has 1 fully saturated rings. The van der Waals surface area contributed by atoms with Crippen LogP contribution in [0.5, 0.6) is 0 Å². The molecule has 46 heavy (non-hydrogen) atoms. The first-order valence-corrected chi connectivity index (χ1v) is 13.3. The lowest BCUT2D eigenvalue weighted by Crippen LogP contribution is -2.66. The molecule has 3 heterocycles. The van der Waals surface area contributed by atoms with Gasteiger partial charge in [0.15, 0.2) is 5.69 Å². The van der Waals surface area contributed by atoms with Crippen molar-refractivity contribution in [3.63, 3.8) is 0 Å². The number of amides is 1. The molecule has 0 spiro atoms. The number of carbonyl (C=O) groups excluding carboxylic acids is 1. The summed E-state index contributed by atoms with van der Waals surface area (Å²) in [6.45, 7) is 0.595.